The van der Waals surface area contributed by atoms with Gasteiger partial charge in [-0.2, -0.15) is 0 Å². The number of carbonyl (C=O) groups is 1. The average molecular weight is 411 g/mol. The number of anilines is 1. The highest BCUT2D eigenvalue weighted by Crippen LogP contribution is 2.31. The molecule has 6 heteroatoms. The molecule has 0 aliphatic heterocycles. The van der Waals surface area contributed by atoms with Gasteiger partial charge in [-0.25, -0.2) is 4.98 Å². The van der Waals surface area contributed by atoms with Crippen LogP contribution < -0.4 is 10.9 Å². The molecule has 0 radical (unpaired) electrons. The Morgan fingerprint density at radius 2 is 1.77 bits per heavy atom. The molecule has 5 aromatic rings. The van der Waals surface area contributed by atoms with Crippen molar-refractivity contribution in [3.8, 4) is 10.6 Å². The second-order valence-corrected chi connectivity index (χ2v) is 8.02. The Bertz CT molecular complexity index is 1450. The zero-order valence-corrected chi connectivity index (χ0v) is 16.9. The Morgan fingerprint density at radius 1 is 0.967 bits per heavy atom. The first-order valence-electron chi connectivity index (χ1n) is 9.46. The van der Waals surface area contributed by atoms with Crippen LogP contribution in [0.3, 0.4) is 0 Å². The fraction of sp³-hybridized carbons (Fsp3) is 0.0417. The molecule has 0 atom stereocenters. The predicted octanol–water partition coefficient (Wildman–Crippen LogP) is 5.07. The lowest BCUT2D eigenvalue weighted by Gasteiger charge is -2.11. The molecule has 0 bridgehead atoms. The molecule has 2 heterocycles. The number of nitrogens with zero attached hydrogens (tertiary/aromatic N) is 2. The summed E-state index contributed by atoms with van der Waals surface area (Å²) in [6, 6.07) is 24.4. The maximum Gasteiger partial charge on any atom is 0.256 e. The normalized spacial score (nSPS) is 11.1. The highest BCUT2D eigenvalue weighted by molar-refractivity contribution is 7.21. The number of hydrogen-bond donors (Lipinski definition) is 1. The summed E-state index contributed by atoms with van der Waals surface area (Å²) in [6.07, 6.45) is 0. The Morgan fingerprint density at radius 3 is 2.63 bits per heavy atom. The van der Waals surface area contributed by atoms with Crippen molar-refractivity contribution in [2.75, 3.05) is 5.32 Å². The van der Waals surface area contributed by atoms with Crippen LogP contribution in [0.1, 0.15) is 10.4 Å². The summed E-state index contributed by atoms with van der Waals surface area (Å²) in [5.74, 6) is -0.314. The van der Waals surface area contributed by atoms with Crippen LogP contribution in [0.4, 0.5) is 5.69 Å². The third kappa shape index (κ3) is 3.17. The summed E-state index contributed by atoms with van der Waals surface area (Å²) in [5.41, 5.74) is 3.41. The number of nitrogens with one attached hydrogen (secondary N) is 1. The largest absolute Gasteiger partial charge is 0.322 e. The van der Waals surface area contributed by atoms with Crippen LogP contribution in [0.5, 0.6) is 0 Å². The number of pyridine rings is 1. The molecule has 1 N–H and O–H groups in total. The molecular formula is C24H17N3O2S. The monoisotopic (exact) mass is 411 g/mol. The number of benzene rings is 3. The minimum Gasteiger partial charge on any atom is -0.322 e. The van der Waals surface area contributed by atoms with Crippen LogP contribution in [0.25, 0.3) is 31.7 Å². The third-order valence-corrected chi connectivity index (χ3v) is 6.15. The van der Waals surface area contributed by atoms with E-state index >= 15 is 0 Å². The van der Waals surface area contributed by atoms with Crippen LogP contribution in [-0.4, -0.2) is 15.5 Å². The lowest BCUT2D eigenvalue weighted by molar-refractivity contribution is 0.102. The van der Waals surface area contributed by atoms with E-state index in [-0.39, 0.29) is 11.5 Å². The molecule has 0 spiro atoms. The van der Waals surface area contributed by atoms with Crippen molar-refractivity contribution >= 4 is 44.1 Å². The van der Waals surface area contributed by atoms with E-state index in [1.807, 2.05) is 72.8 Å². The number of aryl methyl sites for hydroxylation is 1. The van der Waals surface area contributed by atoms with Gasteiger partial charge in [-0.05, 0) is 30.3 Å². The van der Waals surface area contributed by atoms with E-state index in [1.54, 1.807) is 23.0 Å². The zero-order chi connectivity index (χ0) is 20.7. The van der Waals surface area contributed by atoms with Crippen LogP contribution in [0, 0.1) is 0 Å². The molecule has 2 aromatic heterocycles. The molecule has 0 saturated carbocycles. The second-order valence-electron chi connectivity index (χ2n) is 6.99. The third-order valence-electron chi connectivity index (χ3n) is 5.06. The topological polar surface area (TPSA) is 64.0 Å². The number of amides is 1. The number of aromatic nitrogens is 2. The first-order chi connectivity index (χ1) is 14.6. The summed E-state index contributed by atoms with van der Waals surface area (Å²) >= 11 is 1.61. The van der Waals surface area contributed by atoms with Crippen molar-refractivity contribution in [1.29, 1.82) is 0 Å². The Labute approximate surface area is 176 Å². The number of fused-ring (bicyclic) bond motifs is 2. The van der Waals surface area contributed by atoms with Gasteiger partial charge in [0.05, 0.1) is 21.3 Å². The lowest BCUT2D eigenvalue weighted by atomic mass is 10.1. The lowest BCUT2D eigenvalue weighted by Crippen LogP contribution is -2.21. The first kappa shape index (κ1) is 18.3. The minimum atomic E-state index is -0.314. The second kappa shape index (κ2) is 7.24. The summed E-state index contributed by atoms with van der Waals surface area (Å²) in [6.45, 7) is 0. The van der Waals surface area contributed by atoms with E-state index in [0.29, 0.717) is 11.3 Å². The van der Waals surface area contributed by atoms with E-state index in [9.17, 15) is 9.59 Å². The van der Waals surface area contributed by atoms with Crippen molar-refractivity contribution < 1.29 is 4.79 Å². The van der Waals surface area contributed by atoms with E-state index in [0.717, 1.165) is 31.7 Å². The van der Waals surface area contributed by atoms with Crippen molar-refractivity contribution in [2.24, 2.45) is 7.05 Å². The molecule has 0 aliphatic rings. The standard InChI is InChI=1S/C24H17N3O2S/c1-27-20-11-4-2-9-17(20)18(14-22(27)28)23(29)25-16-8-6-7-15(13-16)24-26-19-10-3-5-12-21(19)30-24/h2-14H,1H3,(H,25,29). The van der Waals surface area contributed by atoms with Gasteiger partial charge in [0.15, 0.2) is 0 Å². The molecule has 3 aromatic carbocycles. The van der Waals surface area contributed by atoms with E-state index in [1.165, 1.54) is 6.07 Å². The fourth-order valence-corrected chi connectivity index (χ4v) is 4.48. The molecule has 5 rings (SSSR count). The first-order valence-corrected chi connectivity index (χ1v) is 10.3. The molecular weight excluding hydrogens is 394 g/mol. The molecule has 0 unspecified atom stereocenters. The van der Waals surface area contributed by atoms with Crippen LogP contribution in [0.2, 0.25) is 0 Å². The van der Waals surface area contributed by atoms with Crippen molar-refractivity contribution in [2.45, 2.75) is 0 Å². The van der Waals surface area contributed by atoms with Crippen LogP contribution in [0.15, 0.2) is 83.7 Å². The SMILES string of the molecule is Cn1c(=O)cc(C(=O)Nc2cccc(-c3nc4ccccc4s3)c2)c2ccccc21. The van der Waals surface area contributed by atoms with Gasteiger partial charge in [-0.15, -0.1) is 11.3 Å². The van der Waals surface area contributed by atoms with Crippen molar-refractivity contribution in [3.05, 3.63) is 94.8 Å². The number of hydrogen-bond acceptors (Lipinski definition) is 4. The Balaban J connectivity index is 1.50. The highest BCUT2D eigenvalue weighted by atomic mass is 32.1. The number of thiazole rings is 1. The number of para-hydroxylation sites is 2. The van der Waals surface area contributed by atoms with E-state index in [2.05, 4.69) is 10.3 Å². The molecule has 5 nitrogen and oxygen atoms in total. The summed E-state index contributed by atoms with van der Waals surface area (Å²) in [4.78, 5) is 30.0. The minimum absolute atomic E-state index is 0.220. The van der Waals surface area contributed by atoms with Gasteiger partial charge in [-0.1, -0.05) is 42.5 Å². The molecule has 1 amide bonds. The Hall–Kier alpha value is -3.77. The smallest absolute Gasteiger partial charge is 0.256 e. The van der Waals surface area contributed by atoms with Crippen LogP contribution >= 0.6 is 11.3 Å². The van der Waals surface area contributed by atoms with Gasteiger partial charge in [-0.3, -0.25) is 9.59 Å². The molecule has 0 saturated heterocycles. The van der Waals surface area contributed by atoms with Gasteiger partial charge in [0.1, 0.15) is 5.01 Å². The molecule has 30 heavy (non-hydrogen) atoms. The van der Waals surface area contributed by atoms with Crippen LogP contribution in [-0.2, 0) is 7.05 Å². The maximum absolute atomic E-state index is 13.0. The molecule has 0 aliphatic carbocycles. The summed E-state index contributed by atoms with van der Waals surface area (Å²) in [5, 5.41) is 4.56. The fourth-order valence-electron chi connectivity index (χ4n) is 3.52. The zero-order valence-electron chi connectivity index (χ0n) is 16.1. The highest BCUT2D eigenvalue weighted by Gasteiger charge is 2.14. The summed E-state index contributed by atoms with van der Waals surface area (Å²) in [7, 11) is 1.70. The molecule has 0 fully saturated rings. The van der Waals surface area contributed by atoms with Crippen molar-refractivity contribution in [3.63, 3.8) is 0 Å². The van der Waals surface area contributed by atoms with Crippen molar-refractivity contribution in [1.82, 2.24) is 9.55 Å². The predicted molar refractivity (Wildman–Crippen MR) is 122 cm³/mol. The molecule has 146 valence electrons. The van der Waals surface area contributed by atoms with E-state index in [4.69, 9.17) is 0 Å². The number of carbonyl (C=O) groups excluding carboxylic acids is 1. The Kier molecular flexibility index (Phi) is 4.41. The maximum atomic E-state index is 13.0. The summed E-state index contributed by atoms with van der Waals surface area (Å²) < 4.78 is 2.66. The average Bonchev–Trinajstić information content (AvgIpc) is 3.21. The van der Waals surface area contributed by atoms with Gasteiger partial charge < -0.3 is 9.88 Å². The van der Waals surface area contributed by atoms with Gasteiger partial charge >= 0.3 is 0 Å². The van der Waals surface area contributed by atoms with Gasteiger partial charge in [0, 0.05) is 29.8 Å². The van der Waals surface area contributed by atoms with E-state index < -0.39 is 0 Å². The quantitative estimate of drug-likeness (QED) is 0.451. The number of rotatable bonds is 3. The van der Waals surface area contributed by atoms with Gasteiger partial charge in [0.25, 0.3) is 11.5 Å². The van der Waals surface area contributed by atoms with Gasteiger partial charge in [0.2, 0.25) is 0 Å².